The topological polar surface area (TPSA) is 57.2 Å². The Kier molecular flexibility index (Phi) is 5.71. The predicted molar refractivity (Wildman–Crippen MR) is 98.6 cm³/mol. The lowest BCUT2D eigenvalue weighted by Crippen LogP contribution is -2.57. The molecule has 3 rings (SSSR count). The normalized spacial score (nSPS) is 19.4. The maximum absolute atomic E-state index is 13.3. The van der Waals surface area contributed by atoms with Gasteiger partial charge in [0.25, 0.3) is 0 Å². The van der Waals surface area contributed by atoms with Gasteiger partial charge in [0.05, 0.1) is 12.6 Å². The smallest absolute Gasteiger partial charge is 0.410 e. The van der Waals surface area contributed by atoms with Gasteiger partial charge >= 0.3 is 6.09 Å². The predicted octanol–water partition coefficient (Wildman–Crippen LogP) is 2.53. The Bertz CT molecular complexity index is 756. The Hall–Kier alpha value is -2.45. The summed E-state index contributed by atoms with van der Waals surface area (Å²) >= 11 is 0. The van der Waals surface area contributed by atoms with E-state index in [1.807, 2.05) is 20.8 Å². The highest BCUT2D eigenvalue weighted by Gasteiger charge is 2.36. The first kappa shape index (κ1) is 20.3. The van der Waals surface area contributed by atoms with E-state index < -0.39 is 23.1 Å². The first-order valence-electron chi connectivity index (χ1n) is 9.30. The molecule has 0 saturated carbocycles. The Morgan fingerprint density at radius 1 is 1.25 bits per heavy atom. The van der Waals surface area contributed by atoms with Crippen LogP contribution in [0.5, 0.6) is 0 Å². The summed E-state index contributed by atoms with van der Waals surface area (Å²) in [5, 5.41) is 3.17. The van der Waals surface area contributed by atoms with Crippen LogP contribution in [0.4, 0.5) is 18.0 Å². The summed E-state index contributed by atoms with van der Waals surface area (Å²) in [7, 11) is 0. The van der Waals surface area contributed by atoms with Crippen molar-refractivity contribution in [2.45, 2.75) is 38.8 Å². The molecule has 0 radical (unpaired) electrons. The van der Waals surface area contributed by atoms with E-state index in [1.54, 1.807) is 4.90 Å². The fourth-order valence-electron chi connectivity index (χ4n) is 3.29. The van der Waals surface area contributed by atoms with Crippen LogP contribution < -0.4 is 5.32 Å². The molecule has 1 aromatic rings. The highest BCUT2D eigenvalue weighted by molar-refractivity contribution is 5.82. The number of nitrogens with zero attached hydrogens (tertiary/aromatic N) is 3. The number of ether oxygens (including phenoxy) is 1. The van der Waals surface area contributed by atoms with Gasteiger partial charge in [-0.2, -0.15) is 0 Å². The van der Waals surface area contributed by atoms with Crippen LogP contribution in [0.3, 0.4) is 0 Å². The summed E-state index contributed by atoms with van der Waals surface area (Å²) in [6, 6.07) is 2.07. The van der Waals surface area contributed by atoms with Crippen molar-refractivity contribution in [1.29, 1.82) is 0 Å². The van der Waals surface area contributed by atoms with Crippen LogP contribution in [-0.4, -0.2) is 66.2 Å². The Morgan fingerprint density at radius 2 is 1.93 bits per heavy atom. The van der Waals surface area contributed by atoms with E-state index in [0.717, 1.165) is 12.1 Å². The molecule has 1 amide bonds. The lowest BCUT2D eigenvalue weighted by Gasteiger charge is -2.39. The van der Waals surface area contributed by atoms with Crippen molar-refractivity contribution < 1.29 is 22.7 Å². The maximum atomic E-state index is 13.3. The lowest BCUT2D eigenvalue weighted by molar-refractivity contribution is 0.0137. The van der Waals surface area contributed by atoms with E-state index >= 15 is 0 Å². The number of rotatable bonds is 3. The van der Waals surface area contributed by atoms with Gasteiger partial charge in [-0.3, -0.25) is 4.99 Å². The molecule has 9 heteroatoms. The molecule has 0 aliphatic carbocycles. The standard InChI is InChI=1S/C19H25F3N4O2/c1-19(2,3)28-18(27)25-6-7-26-13(11-25)10-24-17(26)23-5-4-12-8-14(20)16(22)15(21)9-12/h8-9,13H,4-7,10-11H2,1-3H3,(H,23,24). The summed E-state index contributed by atoms with van der Waals surface area (Å²) in [4.78, 5) is 20.5. The number of benzene rings is 1. The molecule has 0 aromatic heterocycles. The van der Waals surface area contributed by atoms with E-state index in [2.05, 4.69) is 15.2 Å². The summed E-state index contributed by atoms with van der Waals surface area (Å²) in [6.07, 6.45) is 0.00398. The molecule has 154 valence electrons. The third-order valence-corrected chi connectivity index (χ3v) is 4.60. The molecule has 2 aliphatic heterocycles. The van der Waals surface area contributed by atoms with E-state index in [9.17, 15) is 18.0 Å². The number of guanidine groups is 1. The van der Waals surface area contributed by atoms with E-state index in [-0.39, 0.29) is 12.1 Å². The monoisotopic (exact) mass is 398 g/mol. The van der Waals surface area contributed by atoms with Crippen LogP contribution in [0.2, 0.25) is 0 Å². The van der Waals surface area contributed by atoms with Crippen molar-refractivity contribution in [1.82, 2.24) is 15.1 Å². The summed E-state index contributed by atoms with van der Waals surface area (Å²) in [5.74, 6) is -3.13. The fourth-order valence-corrected chi connectivity index (χ4v) is 3.29. The molecule has 0 bridgehead atoms. The van der Waals surface area contributed by atoms with Gasteiger partial charge in [0.1, 0.15) is 5.60 Å². The molecular formula is C19H25F3N4O2. The van der Waals surface area contributed by atoms with Crippen LogP contribution in [0.15, 0.2) is 17.1 Å². The minimum absolute atomic E-state index is 0.0736. The molecule has 1 N–H and O–H groups in total. The number of carbonyl (C=O) groups is 1. The Labute approximate surface area is 162 Å². The summed E-state index contributed by atoms with van der Waals surface area (Å²) in [5.41, 5.74) is -0.166. The zero-order chi connectivity index (χ0) is 20.5. The lowest BCUT2D eigenvalue weighted by atomic mass is 10.1. The van der Waals surface area contributed by atoms with Crippen LogP contribution in [0, 0.1) is 17.5 Å². The second-order valence-electron chi connectivity index (χ2n) is 7.99. The average Bonchev–Trinajstić information content (AvgIpc) is 3.00. The van der Waals surface area contributed by atoms with E-state index in [0.29, 0.717) is 50.7 Å². The quantitative estimate of drug-likeness (QED) is 0.795. The second-order valence-corrected chi connectivity index (χ2v) is 7.99. The molecule has 28 heavy (non-hydrogen) atoms. The third kappa shape index (κ3) is 4.69. The van der Waals surface area contributed by atoms with Crippen molar-refractivity contribution in [3.63, 3.8) is 0 Å². The first-order valence-corrected chi connectivity index (χ1v) is 9.30. The van der Waals surface area contributed by atoms with Crippen molar-refractivity contribution in [3.8, 4) is 0 Å². The van der Waals surface area contributed by atoms with Crippen molar-refractivity contribution in [2.24, 2.45) is 4.99 Å². The van der Waals surface area contributed by atoms with Crippen LogP contribution in [-0.2, 0) is 11.2 Å². The van der Waals surface area contributed by atoms with Gasteiger partial charge in [-0.15, -0.1) is 0 Å². The zero-order valence-corrected chi connectivity index (χ0v) is 16.3. The number of carbonyl (C=O) groups excluding carboxylic acids is 1. The largest absolute Gasteiger partial charge is 0.444 e. The molecule has 6 nitrogen and oxygen atoms in total. The third-order valence-electron chi connectivity index (χ3n) is 4.60. The Balaban J connectivity index is 1.49. The fraction of sp³-hybridized carbons (Fsp3) is 0.579. The number of amides is 1. The average molecular weight is 398 g/mol. The number of hydrogen-bond donors (Lipinski definition) is 1. The highest BCUT2D eigenvalue weighted by Crippen LogP contribution is 2.19. The van der Waals surface area contributed by atoms with Gasteiger partial charge in [-0.05, 0) is 44.9 Å². The molecule has 1 atom stereocenters. The molecular weight excluding hydrogens is 373 g/mol. The van der Waals surface area contributed by atoms with Crippen LogP contribution in [0.25, 0.3) is 0 Å². The molecule has 0 spiro atoms. The molecule has 1 fully saturated rings. The van der Waals surface area contributed by atoms with E-state index in [4.69, 9.17) is 4.74 Å². The summed E-state index contributed by atoms with van der Waals surface area (Å²) < 4.78 is 45.0. The van der Waals surface area contributed by atoms with Crippen molar-refractivity contribution >= 4 is 12.1 Å². The van der Waals surface area contributed by atoms with Crippen LogP contribution >= 0.6 is 0 Å². The van der Waals surface area contributed by atoms with Crippen LogP contribution in [0.1, 0.15) is 26.3 Å². The number of aliphatic imine (C=N–C) groups is 1. The maximum Gasteiger partial charge on any atom is 0.410 e. The molecule has 1 aromatic carbocycles. The molecule has 2 heterocycles. The number of piperazine rings is 1. The van der Waals surface area contributed by atoms with Crippen molar-refractivity contribution in [3.05, 3.63) is 35.1 Å². The minimum atomic E-state index is -1.46. The molecule has 2 aliphatic rings. The minimum Gasteiger partial charge on any atom is -0.444 e. The molecule has 1 saturated heterocycles. The summed E-state index contributed by atoms with van der Waals surface area (Å²) in [6.45, 7) is 8.14. The highest BCUT2D eigenvalue weighted by atomic mass is 19.2. The van der Waals surface area contributed by atoms with Gasteiger partial charge in [0, 0.05) is 26.2 Å². The second kappa shape index (κ2) is 7.89. The molecule has 1 unspecified atom stereocenters. The number of nitrogens with one attached hydrogen (secondary N) is 1. The van der Waals surface area contributed by atoms with Gasteiger partial charge in [-0.1, -0.05) is 0 Å². The number of halogens is 3. The number of fused-ring (bicyclic) bond motifs is 1. The van der Waals surface area contributed by atoms with Gasteiger partial charge in [0.15, 0.2) is 23.4 Å². The Morgan fingerprint density at radius 3 is 2.57 bits per heavy atom. The van der Waals surface area contributed by atoms with Crippen molar-refractivity contribution in [2.75, 3.05) is 32.7 Å². The van der Waals surface area contributed by atoms with Gasteiger partial charge < -0.3 is 19.9 Å². The van der Waals surface area contributed by atoms with Gasteiger partial charge in [-0.25, -0.2) is 18.0 Å². The van der Waals surface area contributed by atoms with Gasteiger partial charge in [0.2, 0.25) is 0 Å². The first-order chi connectivity index (χ1) is 13.1. The number of hydrogen-bond acceptors (Lipinski definition) is 5. The zero-order valence-electron chi connectivity index (χ0n) is 16.3. The van der Waals surface area contributed by atoms with E-state index in [1.165, 1.54) is 0 Å². The SMILES string of the molecule is CC(C)(C)OC(=O)N1CCN2C(NCCc3cc(F)c(F)c(F)c3)=NCC2C1.